The highest BCUT2D eigenvalue weighted by Gasteiger charge is 2.17. The minimum atomic E-state index is -0.195. The number of ether oxygens (including phenoxy) is 1. The number of aryl methyl sites for hydroxylation is 1. The molecule has 2 rings (SSSR count). The van der Waals surface area contributed by atoms with Gasteiger partial charge in [-0.1, -0.05) is 0 Å². The van der Waals surface area contributed by atoms with Crippen molar-refractivity contribution < 1.29 is 19.4 Å². The Morgan fingerprint density at radius 3 is 2.59 bits per heavy atom. The third kappa shape index (κ3) is 6.03. The molecule has 154 valence electrons. The van der Waals surface area contributed by atoms with E-state index in [-0.39, 0.29) is 24.7 Å². The molecule has 1 aromatic heterocycles. The molecule has 2 aromatic rings. The van der Waals surface area contributed by atoms with Crippen LogP contribution in [0.4, 0.5) is 5.82 Å². The predicted molar refractivity (Wildman–Crippen MR) is 112 cm³/mol. The summed E-state index contributed by atoms with van der Waals surface area (Å²) in [6, 6.07) is 6.74. The first-order valence-corrected chi connectivity index (χ1v) is 9.68. The fourth-order valence-electron chi connectivity index (χ4n) is 2.52. The van der Waals surface area contributed by atoms with E-state index < -0.39 is 0 Å². The van der Waals surface area contributed by atoms with Crippen molar-refractivity contribution in [2.45, 2.75) is 26.8 Å². The van der Waals surface area contributed by atoms with E-state index in [1.54, 1.807) is 51.4 Å². The highest BCUT2D eigenvalue weighted by Crippen LogP contribution is 2.29. The summed E-state index contributed by atoms with van der Waals surface area (Å²) in [5.74, 6) is 1.49. The lowest BCUT2D eigenvalue weighted by atomic mass is 10.2. The van der Waals surface area contributed by atoms with Gasteiger partial charge < -0.3 is 20.5 Å². The van der Waals surface area contributed by atoms with Crippen molar-refractivity contribution in [2.75, 3.05) is 19.5 Å². The van der Waals surface area contributed by atoms with Crippen LogP contribution in [0.25, 0.3) is 0 Å². The number of benzene rings is 1. The fourth-order valence-corrected chi connectivity index (χ4v) is 3.45. The number of anilines is 1. The normalized spacial score (nSPS) is 11.6. The zero-order chi connectivity index (χ0) is 21.4. The van der Waals surface area contributed by atoms with Gasteiger partial charge in [-0.2, -0.15) is 0 Å². The Balaban J connectivity index is 2.25. The van der Waals surface area contributed by atoms with Crippen molar-refractivity contribution >= 4 is 29.1 Å². The van der Waals surface area contributed by atoms with Gasteiger partial charge in [-0.15, -0.1) is 0 Å². The smallest absolute Gasteiger partial charge is 0.223 e. The van der Waals surface area contributed by atoms with Gasteiger partial charge in [-0.3, -0.25) is 9.59 Å². The molecule has 0 aliphatic heterocycles. The molecule has 29 heavy (non-hydrogen) atoms. The quantitative estimate of drug-likeness (QED) is 0.599. The van der Waals surface area contributed by atoms with Crippen LogP contribution >= 0.6 is 11.8 Å². The highest BCUT2D eigenvalue weighted by molar-refractivity contribution is 8.17. The van der Waals surface area contributed by atoms with Crippen LogP contribution in [0.1, 0.15) is 35.1 Å². The summed E-state index contributed by atoms with van der Waals surface area (Å²) >= 11 is 0.982. The summed E-state index contributed by atoms with van der Waals surface area (Å²) in [5, 5.41) is 9.24. The second kappa shape index (κ2) is 10.6. The van der Waals surface area contributed by atoms with E-state index in [0.717, 1.165) is 11.8 Å². The summed E-state index contributed by atoms with van der Waals surface area (Å²) in [6.45, 7) is 3.45. The van der Waals surface area contributed by atoms with Crippen LogP contribution in [-0.2, 0) is 11.3 Å². The van der Waals surface area contributed by atoms with Gasteiger partial charge >= 0.3 is 0 Å². The third-order valence-electron chi connectivity index (χ3n) is 4.20. The molecule has 0 atom stereocenters. The van der Waals surface area contributed by atoms with E-state index >= 15 is 0 Å². The maximum absolute atomic E-state index is 12.7. The average Bonchev–Trinajstić information content (AvgIpc) is 2.72. The molecule has 0 saturated carbocycles. The Morgan fingerprint density at radius 2 is 2.03 bits per heavy atom. The van der Waals surface area contributed by atoms with Crippen LogP contribution in [0.2, 0.25) is 0 Å². The van der Waals surface area contributed by atoms with Crippen LogP contribution in [0.15, 0.2) is 41.1 Å². The molecule has 0 bridgehead atoms. The van der Waals surface area contributed by atoms with Gasteiger partial charge in [0.25, 0.3) is 0 Å². The standard InChI is InChI=1S/C20H24N4O4S/c1-13(24(12-26)11-16-10-22-14(2)23-19(16)21)18(8-9-25)29-20(27)15-4-6-17(28-3)7-5-15/h4-7,10,12,25H,8-9,11H2,1-3H3,(H2,21,22,23). The van der Waals surface area contributed by atoms with E-state index in [1.807, 2.05) is 0 Å². The first-order chi connectivity index (χ1) is 13.9. The van der Waals surface area contributed by atoms with Gasteiger partial charge in [0.1, 0.15) is 17.4 Å². The number of thioether (sulfide) groups is 1. The Bertz CT molecular complexity index is 900. The first kappa shape index (κ1) is 22.4. The summed E-state index contributed by atoms with van der Waals surface area (Å²) in [6.07, 6.45) is 2.47. The van der Waals surface area contributed by atoms with Gasteiger partial charge in [0.15, 0.2) is 0 Å². The Labute approximate surface area is 173 Å². The molecule has 8 nitrogen and oxygen atoms in total. The number of nitrogen functional groups attached to an aromatic ring is 1. The number of aliphatic hydroxyl groups excluding tert-OH is 1. The van der Waals surface area contributed by atoms with Crippen LogP contribution < -0.4 is 10.5 Å². The number of nitrogens with zero attached hydrogens (tertiary/aromatic N) is 3. The lowest BCUT2D eigenvalue weighted by Crippen LogP contribution is -2.22. The highest BCUT2D eigenvalue weighted by atomic mass is 32.2. The van der Waals surface area contributed by atoms with Gasteiger partial charge in [-0.25, -0.2) is 9.97 Å². The van der Waals surface area contributed by atoms with Gasteiger partial charge in [0, 0.05) is 41.0 Å². The zero-order valence-electron chi connectivity index (χ0n) is 16.6. The van der Waals surface area contributed by atoms with E-state index in [1.165, 1.54) is 4.90 Å². The molecule has 0 aliphatic carbocycles. The molecule has 1 heterocycles. The fraction of sp³-hybridized carbons (Fsp3) is 0.300. The molecule has 1 aromatic carbocycles. The van der Waals surface area contributed by atoms with Crippen molar-refractivity contribution in [1.29, 1.82) is 0 Å². The van der Waals surface area contributed by atoms with Crippen LogP contribution in [0, 0.1) is 6.92 Å². The number of rotatable bonds is 9. The second-order valence-corrected chi connectivity index (χ2v) is 7.23. The number of aromatic nitrogens is 2. The van der Waals surface area contributed by atoms with Crippen molar-refractivity contribution in [2.24, 2.45) is 0 Å². The Hall–Kier alpha value is -2.91. The third-order valence-corrected chi connectivity index (χ3v) is 5.37. The summed E-state index contributed by atoms with van der Waals surface area (Å²) in [5.41, 5.74) is 7.56. The van der Waals surface area contributed by atoms with Gasteiger partial charge in [0.05, 0.1) is 13.7 Å². The molecule has 0 unspecified atom stereocenters. The van der Waals surface area contributed by atoms with E-state index in [9.17, 15) is 14.7 Å². The van der Waals surface area contributed by atoms with Crippen LogP contribution in [-0.4, -0.2) is 45.2 Å². The Morgan fingerprint density at radius 1 is 1.34 bits per heavy atom. The molecule has 0 aliphatic rings. The minimum Gasteiger partial charge on any atom is -0.497 e. The maximum atomic E-state index is 12.7. The molecule has 3 N–H and O–H groups in total. The van der Waals surface area contributed by atoms with Gasteiger partial charge in [0.2, 0.25) is 11.5 Å². The van der Waals surface area contributed by atoms with Crippen LogP contribution in [0.3, 0.4) is 0 Å². The molecule has 0 spiro atoms. The molecule has 1 amide bonds. The lowest BCUT2D eigenvalue weighted by molar-refractivity contribution is -0.116. The molecule has 0 saturated heterocycles. The number of hydrogen-bond donors (Lipinski definition) is 2. The largest absolute Gasteiger partial charge is 0.497 e. The number of methoxy groups -OCH3 is 1. The van der Waals surface area contributed by atoms with E-state index in [0.29, 0.717) is 45.5 Å². The van der Waals surface area contributed by atoms with Crippen molar-refractivity contribution in [3.8, 4) is 5.75 Å². The number of carbonyl (C=O) groups excluding carboxylic acids is 2. The molecular formula is C20H24N4O4S. The topological polar surface area (TPSA) is 119 Å². The van der Waals surface area contributed by atoms with Crippen LogP contribution in [0.5, 0.6) is 5.75 Å². The van der Waals surface area contributed by atoms with E-state index in [4.69, 9.17) is 10.5 Å². The zero-order valence-corrected chi connectivity index (χ0v) is 17.4. The monoisotopic (exact) mass is 416 g/mol. The molecule has 9 heteroatoms. The first-order valence-electron chi connectivity index (χ1n) is 8.86. The number of amides is 1. The number of hydrogen-bond acceptors (Lipinski definition) is 8. The van der Waals surface area contributed by atoms with E-state index in [2.05, 4.69) is 9.97 Å². The Kier molecular flexibility index (Phi) is 8.17. The van der Waals surface area contributed by atoms with Gasteiger partial charge in [-0.05, 0) is 49.9 Å². The molecular weight excluding hydrogens is 392 g/mol. The lowest BCUT2D eigenvalue weighted by Gasteiger charge is -2.22. The average molecular weight is 417 g/mol. The summed E-state index contributed by atoms with van der Waals surface area (Å²) < 4.78 is 5.10. The van der Waals surface area contributed by atoms with Crippen molar-refractivity contribution in [1.82, 2.24) is 14.9 Å². The summed E-state index contributed by atoms with van der Waals surface area (Å²) in [7, 11) is 1.55. The molecule has 0 radical (unpaired) electrons. The number of carbonyl (C=O) groups is 2. The van der Waals surface area contributed by atoms with Crippen molar-refractivity contribution in [3.63, 3.8) is 0 Å². The number of aliphatic hydroxyl groups is 1. The van der Waals surface area contributed by atoms with Crippen molar-refractivity contribution in [3.05, 3.63) is 58.0 Å². The SMILES string of the molecule is COc1ccc(C(=O)SC(CCO)=C(C)N(C=O)Cc2cnc(C)nc2N)cc1. The second-order valence-electron chi connectivity index (χ2n) is 6.16. The summed E-state index contributed by atoms with van der Waals surface area (Å²) in [4.78, 5) is 34.6. The number of allylic oxidation sites excluding steroid dienone is 1. The predicted octanol–water partition coefficient (Wildman–Crippen LogP) is 2.52. The minimum absolute atomic E-state index is 0.155. The number of nitrogens with two attached hydrogens (primary N) is 1. The maximum Gasteiger partial charge on any atom is 0.223 e. The molecule has 0 fully saturated rings.